The Hall–Kier alpha value is -5.11. The number of nitrogens with one attached hydrogen (secondary N) is 1. The summed E-state index contributed by atoms with van der Waals surface area (Å²) in [5, 5.41) is 3.04. The number of Topliss-reactive ketones (excluding diaryl/α,β-unsaturated/α-hetero) is 2. The Kier molecular flexibility index (Phi) is 5.61. The van der Waals surface area contributed by atoms with E-state index in [9.17, 15) is 14.4 Å². The average Bonchev–Trinajstić information content (AvgIpc) is 3.73. The third-order valence-corrected chi connectivity index (χ3v) is 8.55. The van der Waals surface area contributed by atoms with Gasteiger partial charge in [-0.15, -0.1) is 0 Å². The highest BCUT2D eigenvalue weighted by Crippen LogP contribution is 2.62. The lowest BCUT2D eigenvalue weighted by Crippen LogP contribution is -2.49. The smallest absolute Gasteiger partial charge is 0.238 e. The molecule has 8 heteroatoms. The molecule has 1 saturated heterocycles. The largest absolute Gasteiger partial charge is 0.493 e. The number of furan rings is 1. The van der Waals surface area contributed by atoms with Gasteiger partial charge in [-0.2, -0.15) is 0 Å². The summed E-state index contributed by atoms with van der Waals surface area (Å²) in [7, 11) is 3.02. The zero-order valence-electron chi connectivity index (χ0n) is 22.4. The summed E-state index contributed by atoms with van der Waals surface area (Å²) >= 11 is 0. The summed E-state index contributed by atoms with van der Waals surface area (Å²) in [6.07, 6.45) is 5.18. The van der Waals surface area contributed by atoms with Gasteiger partial charge in [-0.3, -0.25) is 14.4 Å². The molecule has 1 aromatic heterocycles. The second-order valence-electron chi connectivity index (χ2n) is 10.4. The number of nitrogens with zero attached hydrogens (tertiary/aromatic N) is 1. The van der Waals surface area contributed by atoms with Gasteiger partial charge in [-0.1, -0.05) is 42.5 Å². The van der Waals surface area contributed by atoms with Gasteiger partial charge in [0.25, 0.3) is 0 Å². The van der Waals surface area contributed by atoms with Crippen LogP contribution in [-0.4, -0.2) is 42.6 Å². The maximum atomic E-state index is 14.6. The minimum Gasteiger partial charge on any atom is -0.493 e. The number of methoxy groups -OCH3 is 2. The van der Waals surface area contributed by atoms with Gasteiger partial charge >= 0.3 is 0 Å². The van der Waals surface area contributed by atoms with E-state index in [1.807, 2.05) is 65.7 Å². The van der Waals surface area contributed by atoms with Gasteiger partial charge in [0, 0.05) is 17.5 Å². The summed E-state index contributed by atoms with van der Waals surface area (Å²) in [5.74, 6) is -1.22. The predicted octanol–water partition coefficient (Wildman–Crippen LogP) is 5.28. The molecular weight excluding hydrogens is 520 g/mol. The van der Waals surface area contributed by atoms with Crippen molar-refractivity contribution in [3.05, 3.63) is 119 Å². The van der Waals surface area contributed by atoms with Crippen LogP contribution in [0.1, 0.15) is 43.6 Å². The lowest BCUT2D eigenvalue weighted by atomic mass is 9.63. The molecule has 3 aliphatic heterocycles. The quantitative estimate of drug-likeness (QED) is 0.329. The Bertz CT molecular complexity index is 1740. The van der Waals surface area contributed by atoms with Crippen LogP contribution in [0.15, 0.2) is 95.7 Å². The first-order valence-electron chi connectivity index (χ1n) is 13.3. The SMILES string of the molecule is COc1ccc(C(=O)C2C(C(=O)c3ccco3)C3(C(=O)Nc4ccccc43)C3c4ccccc4C=CN23)cc1OC. The van der Waals surface area contributed by atoms with Crippen LogP contribution in [0.3, 0.4) is 0 Å². The lowest BCUT2D eigenvalue weighted by molar-refractivity contribution is -0.122. The standard InChI is InChI=1S/C33H26N2O6/c1-39-24-14-13-20(18-26(24)40-2)29(36)28-27(30(37)25-12-7-17-41-25)33(22-10-5-6-11-23(22)34-32(33)38)31-21-9-4-3-8-19(21)15-16-35(28)31/h3-18,27-28,31H,1-2H3,(H,34,38). The van der Waals surface area contributed by atoms with E-state index in [-0.39, 0.29) is 17.5 Å². The van der Waals surface area contributed by atoms with Crippen LogP contribution in [0.4, 0.5) is 5.69 Å². The Morgan fingerprint density at radius 1 is 0.902 bits per heavy atom. The number of hydrogen-bond donors (Lipinski definition) is 1. The molecule has 4 aromatic rings. The van der Waals surface area contributed by atoms with Gasteiger partial charge in [0.05, 0.1) is 32.4 Å². The van der Waals surface area contributed by atoms with Crippen molar-refractivity contribution in [2.24, 2.45) is 5.92 Å². The fourth-order valence-corrected chi connectivity index (χ4v) is 6.90. The van der Waals surface area contributed by atoms with E-state index < -0.39 is 29.2 Å². The molecule has 0 saturated carbocycles. The predicted molar refractivity (Wildman–Crippen MR) is 151 cm³/mol. The minimum absolute atomic E-state index is 0.0915. The molecule has 0 bridgehead atoms. The van der Waals surface area contributed by atoms with Crippen LogP contribution in [-0.2, 0) is 10.2 Å². The van der Waals surface area contributed by atoms with Gasteiger partial charge < -0.3 is 24.1 Å². The van der Waals surface area contributed by atoms with Crippen molar-refractivity contribution in [1.82, 2.24) is 4.90 Å². The number of ketones is 2. The first-order valence-corrected chi connectivity index (χ1v) is 13.3. The van der Waals surface area contributed by atoms with E-state index in [1.54, 1.807) is 30.3 Å². The summed E-state index contributed by atoms with van der Waals surface area (Å²) in [4.78, 5) is 45.5. The number of benzene rings is 3. The Morgan fingerprint density at radius 3 is 2.46 bits per heavy atom. The first-order chi connectivity index (χ1) is 20.0. The molecule has 8 nitrogen and oxygen atoms in total. The molecular formula is C33H26N2O6. The number of carbonyl (C=O) groups excluding carboxylic acids is 3. The number of amides is 1. The Balaban J connectivity index is 1.51. The van der Waals surface area contributed by atoms with Gasteiger partial charge in [-0.05, 0) is 59.2 Å². The second kappa shape index (κ2) is 9.23. The molecule has 204 valence electrons. The van der Waals surface area contributed by atoms with Crippen LogP contribution in [0.5, 0.6) is 11.5 Å². The number of rotatable bonds is 6. The van der Waals surface area contributed by atoms with E-state index in [2.05, 4.69) is 5.32 Å². The number of para-hydroxylation sites is 1. The highest BCUT2D eigenvalue weighted by Gasteiger charge is 2.71. The van der Waals surface area contributed by atoms with Crippen molar-refractivity contribution in [1.29, 1.82) is 0 Å². The minimum atomic E-state index is -1.42. The van der Waals surface area contributed by atoms with E-state index in [1.165, 1.54) is 20.5 Å². The molecule has 7 rings (SSSR count). The molecule has 4 heterocycles. The first kappa shape index (κ1) is 24.9. The number of anilines is 1. The van der Waals surface area contributed by atoms with Crippen molar-refractivity contribution in [3.8, 4) is 11.5 Å². The molecule has 4 unspecified atom stereocenters. The van der Waals surface area contributed by atoms with Crippen LogP contribution in [0, 0.1) is 5.92 Å². The number of fused-ring (bicyclic) bond motifs is 6. The zero-order chi connectivity index (χ0) is 28.3. The monoisotopic (exact) mass is 546 g/mol. The van der Waals surface area contributed by atoms with E-state index >= 15 is 0 Å². The molecule has 0 aliphatic carbocycles. The summed E-state index contributed by atoms with van der Waals surface area (Å²) in [6.45, 7) is 0. The van der Waals surface area contributed by atoms with Crippen molar-refractivity contribution in [2.45, 2.75) is 17.5 Å². The zero-order valence-corrected chi connectivity index (χ0v) is 22.4. The van der Waals surface area contributed by atoms with Crippen molar-refractivity contribution < 1.29 is 28.3 Å². The third-order valence-electron chi connectivity index (χ3n) is 8.55. The third kappa shape index (κ3) is 3.37. The molecule has 1 fully saturated rings. The molecule has 3 aromatic carbocycles. The van der Waals surface area contributed by atoms with Crippen molar-refractivity contribution in [3.63, 3.8) is 0 Å². The Morgan fingerprint density at radius 2 is 1.68 bits per heavy atom. The topological polar surface area (TPSA) is 98.1 Å². The molecule has 3 aliphatic rings. The number of hydrogen-bond acceptors (Lipinski definition) is 7. The van der Waals surface area contributed by atoms with Gasteiger partial charge in [0.15, 0.2) is 23.0 Å². The normalized spacial score (nSPS) is 23.5. The highest BCUT2D eigenvalue weighted by atomic mass is 16.5. The molecule has 1 amide bonds. The Labute approximate surface area is 236 Å². The summed E-state index contributed by atoms with van der Waals surface area (Å²) in [6, 6.07) is 21.7. The van der Waals surface area contributed by atoms with Crippen LogP contribution >= 0.6 is 0 Å². The fraction of sp³-hybridized carbons (Fsp3) is 0.182. The van der Waals surface area contributed by atoms with Gasteiger partial charge in [0.1, 0.15) is 11.5 Å². The lowest BCUT2D eigenvalue weighted by Gasteiger charge is -2.38. The van der Waals surface area contributed by atoms with Crippen molar-refractivity contribution >= 4 is 29.2 Å². The van der Waals surface area contributed by atoms with Gasteiger partial charge in [-0.25, -0.2) is 0 Å². The fourth-order valence-electron chi connectivity index (χ4n) is 6.90. The number of ether oxygens (including phenoxy) is 2. The van der Waals surface area contributed by atoms with E-state index in [4.69, 9.17) is 13.9 Å². The molecule has 1 spiro atoms. The van der Waals surface area contributed by atoms with Crippen LogP contribution < -0.4 is 14.8 Å². The van der Waals surface area contributed by atoms with Crippen molar-refractivity contribution in [2.75, 3.05) is 19.5 Å². The maximum absolute atomic E-state index is 14.6. The summed E-state index contributed by atoms with van der Waals surface area (Å²) in [5.41, 5.74) is 2.01. The molecule has 4 atom stereocenters. The second-order valence-corrected chi connectivity index (χ2v) is 10.4. The maximum Gasteiger partial charge on any atom is 0.238 e. The molecule has 41 heavy (non-hydrogen) atoms. The summed E-state index contributed by atoms with van der Waals surface area (Å²) < 4.78 is 16.5. The van der Waals surface area contributed by atoms with Crippen LogP contribution in [0.2, 0.25) is 0 Å². The van der Waals surface area contributed by atoms with Crippen LogP contribution in [0.25, 0.3) is 6.08 Å². The van der Waals surface area contributed by atoms with E-state index in [0.29, 0.717) is 28.3 Å². The number of carbonyl (C=O) groups is 3. The molecule has 0 radical (unpaired) electrons. The van der Waals surface area contributed by atoms with E-state index in [0.717, 1.165) is 11.1 Å². The van der Waals surface area contributed by atoms with Gasteiger partial charge in [0.2, 0.25) is 11.7 Å². The molecule has 1 N–H and O–H groups in total. The average molecular weight is 547 g/mol. The highest BCUT2D eigenvalue weighted by molar-refractivity contribution is 6.16.